The van der Waals surface area contributed by atoms with Crippen LogP contribution in [0.3, 0.4) is 0 Å². The summed E-state index contributed by atoms with van der Waals surface area (Å²) in [5.41, 5.74) is 0.881. The molecule has 1 aromatic heterocycles. The summed E-state index contributed by atoms with van der Waals surface area (Å²) in [6.45, 7) is 6.93. The second kappa shape index (κ2) is 8.90. The molecule has 0 radical (unpaired) electrons. The van der Waals surface area contributed by atoms with Crippen LogP contribution in [0.4, 0.5) is 0 Å². The molecule has 0 fully saturated rings. The summed E-state index contributed by atoms with van der Waals surface area (Å²) in [6, 6.07) is 12.3. The van der Waals surface area contributed by atoms with Crippen LogP contribution in [0.2, 0.25) is 0 Å². The van der Waals surface area contributed by atoms with Crippen LogP contribution in [0.25, 0.3) is 10.8 Å². The highest BCUT2D eigenvalue weighted by Crippen LogP contribution is 2.24. The average Bonchev–Trinajstić information content (AvgIpc) is 3.10. The summed E-state index contributed by atoms with van der Waals surface area (Å²) in [7, 11) is 0. The zero-order valence-corrected chi connectivity index (χ0v) is 17.5. The molecule has 0 aliphatic carbocycles. The number of hydrogen-bond acceptors (Lipinski definition) is 6. The molecule has 7 nitrogen and oxygen atoms in total. The fraction of sp³-hybridized carbons (Fsp3) is 0.304. The largest absolute Gasteiger partial charge is 0.461 e. The third-order valence-electron chi connectivity index (χ3n) is 4.87. The lowest BCUT2D eigenvalue weighted by molar-refractivity contribution is 0.0502. The molecule has 0 aliphatic heterocycles. The van der Waals surface area contributed by atoms with Crippen LogP contribution >= 0.6 is 0 Å². The third kappa shape index (κ3) is 3.96. The van der Waals surface area contributed by atoms with Crippen LogP contribution < -0.4 is 0 Å². The standard InChI is InChI=1S/C23H24N2O5/c1-5-29-22(27)19-14(3)20(23(28)30-6-2)25(24-19)15(4)21(26)18-12-11-16-9-7-8-10-17(16)13-18/h7-13,15H,5-6H2,1-4H3. The molecular weight excluding hydrogens is 384 g/mol. The Bertz CT molecular complexity index is 1120. The third-order valence-corrected chi connectivity index (χ3v) is 4.87. The topological polar surface area (TPSA) is 87.5 Å². The molecule has 0 aliphatic rings. The van der Waals surface area contributed by atoms with Crippen LogP contribution in [0.1, 0.15) is 63.7 Å². The molecule has 3 aromatic rings. The van der Waals surface area contributed by atoms with Crippen LogP contribution in [-0.2, 0) is 9.47 Å². The number of nitrogens with zero attached hydrogens (tertiary/aromatic N) is 2. The number of rotatable bonds is 7. The molecule has 0 spiro atoms. The molecule has 7 heteroatoms. The number of carbonyl (C=O) groups is 3. The van der Waals surface area contributed by atoms with E-state index >= 15 is 0 Å². The van der Waals surface area contributed by atoms with E-state index in [4.69, 9.17) is 9.47 Å². The molecule has 0 bridgehead atoms. The van der Waals surface area contributed by atoms with Gasteiger partial charge in [0.2, 0.25) is 0 Å². The Morgan fingerprint density at radius 3 is 2.27 bits per heavy atom. The van der Waals surface area contributed by atoms with Crippen molar-refractivity contribution in [3.63, 3.8) is 0 Å². The second-order valence-electron chi connectivity index (χ2n) is 6.81. The Morgan fingerprint density at radius 1 is 0.967 bits per heavy atom. The highest BCUT2D eigenvalue weighted by Gasteiger charge is 2.31. The van der Waals surface area contributed by atoms with E-state index in [0.29, 0.717) is 11.1 Å². The quantitative estimate of drug-likeness (QED) is 0.431. The predicted octanol–water partition coefficient (Wildman–Crippen LogP) is 4.14. The zero-order valence-electron chi connectivity index (χ0n) is 17.5. The van der Waals surface area contributed by atoms with Gasteiger partial charge in [-0.3, -0.25) is 4.79 Å². The summed E-state index contributed by atoms with van der Waals surface area (Å²) >= 11 is 0. The smallest absolute Gasteiger partial charge is 0.359 e. The highest BCUT2D eigenvalue weighted by molar-refractivity contribution is 6.03. The Balaban J connectivity index is 2.05. The van der Waals surface area contributed by atoms with Gasteiger partial charge in [0.05, 0.1) is 13.2 Å². The van der Waals surface area contributed by atoms with Gasteiger partial charge >= 0.3 is 11.9 Å². The van der Waals surface area contributed by atoms with Crippen molar-refractivity contribution in [1.82, 2.24) is 9.78 Å². The van der Waals surface area contributed by atoms with E-state index in [0.717, 1.165) is 10.8 Å². The minimum absolute atomic E-state index is 0.00179. The van der Waals surface area contributed by atoms with E-state index in [1.54, 1.807) is 39.8 Å². The van der Waals surface area contributed by atoms with Gasteiger partial charge in [0.1, 0.15) is 6.04 Å². The molecule has 1 heterocycles. The number of ether oxygens (including phenoxy) is 2. The molecule has 0 amide bonds. The van der Waals surface area contributed by atoms with Gasteiger partial charge in [-0.1, -0.05) is 36.4 Å². The van der Waals surface area contributed by atoms with Gasteiger partial charge in [0, 0.05) is 11.1 Å². The number of carbonyl (C=O) groups excluding carboxylic acids is 3. The zero-order chi connectivity index (χ0) is 21.8. The molecule has 1 unspecified atom stereocenters. The van der Waals surface area contributed by atoms with Crippen molar-refractivity contribution in [3.8, 4) is 0 Å². The number of fused-ring (bicyclic) bond motifs is 1. The molecule has 0 saturated carbocycles. The van der Waals surface area contributed by atoms with Crippen LogP contribution in [0.15, 0.2) is 42.5 Å². The van der Waals surface area contributed by atoms with Gasteiger partial charge < -0.3 is 9.47 Å². The molecule has 0 N–H and O–H groups in total. The lowest BCUT2D eigenvalue weighted by atomic mass is 10.0. The summed E-state index contributed by atoms with van der Waals surface area (Å²) in [5.74, 6) is -1.52. The number of esters is 2. The maximum Gasteiger partial charge on any atom is 0.359 e. The Hall–Kier alpha value is -3.48. The molecular formula is C23H24N2O5. The van der Waals surface area contributed by atoms with Crippen LogP contribution in [0, 0.1) is 6.92 Å². The summed E-state index contributed by atoms with van der Waals surface area (Å²) in [5, 5.41) is 6.22. The first-order valence-electron chi connectivity index (χ1n) is 9.85. The lowest BCUT2D eigenvalue weighted by Crippen LogP contribution is -2.23. The van der Waals surface area contributed by atoms with Gasteiger partial charge in [0.15, 0.2) is 17.2 Å². The minimum Gasteiger partial charge on any atom is -0.461 e. The molecule has 156 valence electrons. The molecule has 30 heavy (non-hydrogen) atoms. The molecule has 2 aromatic carbocycles. The SMILES string of the molecule is CCOC(=O)c1nn(C(C)C(=O)c2ccc3ccccc3c2)c(C(=O)OCC)c1C. The van der Waals surface area contributed by atoms with Gasteiger partial charge in [-0.2, -0.15) is 5.10 Å². The number of ketones is 1. The van der Waals surface area contributed by atoms with Gasteiger partial charge in [-0.15, -0.1) is 0 Å². The number of Topliss-reactive ketones (excluding diaryl/α,β-unsaturated/α-hetero) is 1. The summed E-state index contributed by atoms with van der Waals surface area (Å²) < 4.78 is 11.4. The molecule has 0 saturated heterocycles. The molecule has 3 rings (SSSR count). The first kappa shape index (κ1) is 21.2. The van der Waals surface area contributed by atoms with Crippen molar-refractivity contribution in [2.24, 2.45) is 0 Å². The maximum atomic E-state index is 13.2. The van der Waals surface area contributed by atoms with Crippen molar-refractivity contribution in [2.45, 2.75) is 33.7 Å². The first-order chi connectivity index (χ1) is 14.4. The lowest BCUT2D eigenvalue weighted by Gasteiger charge is -2.15. The average molecular weight is 408 g/mol. The fourth-order valence-corrected chi connectivity index (χ4v) is 3.33. The Kier molecular flexibility index (Phi) is 6.30. The van der Waals surface area contributed by atoms with Crippen LogP contribution in [-0.4, -0.2) is 40.7 Å². The van der Waals surface area contributed by atoms with E-state index in [1.807, 2.05) is 30.3 Å². The van der Waals surface area contributed by atoms with Crippen molar-refractivity contribution < 1.29 is 23.9 Å². The Labute approximate surface area is 174 Å². The molecule has 1 atom stereocenters. The maximum absolute atomic E-state index is 13.2. The van der Waals surface area contributed by atoms with Gasteiger partial charge in [-0.25, -0.2) is 14.3 Å². The number of hydrogen-bond donors (Lipinski definition) is 0. The normalized spacial score (nSPS) is 11.9. The van der Waals surface area contributed by atoms with E-state index in [2.05, 4.69) is 5.10 Å². The first-order valence-corrected chi connectivity index (χ1v) is 9.85. The van der Waals surface area contributed by atoms with Crippen molar-refractivity contribution >= 4 is 28.5 Å². The summed E-state index contributed by atoms with van der Waals surface area (Å²) in [4.78, 5) is 38.1. The predicted molar refractivity (Wildman–Crippen MR) is 112 cm³/mol. The monoisotopic (exact) mass is 408 g/mol. The van der Waals surface area contributed by atoms with Crippen molar-refractivity contribution in [3.05, 3.63) is 65.0 Å². The highest BCUT2D eigenvalue weighted by atomic mass is 16.5. The van der Waals surface area contributed by atoms with E-state index < -0.39 is 18.0 Å². The minimum atomic E-state index is -0.826. The van der Waals surface area contributed by atoms with E-state index in [9.17, 15) is 14.4 Å². The van der Waals surface area contributed by atoms with Gasteiger partial charge in [-0.05, 0) is 44.5 Å². The van der Waals surface area contributed by atoms with Crippen molar-refractivity contribution in [1.29, 1.82) is 0 Å². The number of aromatic nitrogens is 2. The summed E-state index contributed by atoms with van der Waals surface area (Å²) in [6.07, 6.45) is 0. The fourth-order valence-electron chi connectivity index (χ4n) is 3.33. The van der Waals surface area contributed by atoms with Gasteiger partial charge in [0.25, 0.3) is 0 Å². The second-order valence-corrected chi connectivity index (χ2v) is 6.81. The van der Waals surface area contributed by atoms with Crippen LogP contribution in [0.5, 0.6) is 0 Å². The van der Waals surface area contributed by atoms with E-state index in [-0.39, 0.29) is 30.4 Å². The van der Waals surface area contributed by atoms with Crippen molar-refractivity contribution in [2.75, 3.05) is 13.2 Å². The van der Waals surface area contributed by atoms with E-state index in [1.165, 1.54) is 4.68 Å². The number of benzene rings is 2. The Morgan fingerprint density at radius 2 is 1.60 bits per heavy atom.